The summed E-state index contributed by atoms with van der Waals surface area (Å²) >= 11 is 0. The van der Waals surface area contributed by atoms with Crippen molar-refractivity contribution in [2.45, 2.75) is 31.2 Å². The Bertz CT molecular complexity index is 266. The largest absolute Gasteiger partial charge is 0.328 e. The lowest BCUT2D eigenvalue weighted by Crippen LogP contribution is -2.15. The highest BCUT2D eigenvalue weighted by Gasteiger charge is 2.24. The first-order chi connectivity index (χ1) is 5.77. The van der Waals surface area contributed by atoms with Gasteiger partial charge in [-0.1, -0.05) is 0 Å². The lowest BCUT2D eigenvalue weighted by molar-refractivity contribution is 0.606. The monoisotopic (exact) mass is 165 g/mol. The van der Waals surface area contributed by atoms with Gasteiger partial charge in [0.25, 0.3) is 0 Å². The Kier molecular flexibility index (Phi) is 1.89. The van der Waals surface area contributed by atoms with E-state index in [0.29, 0.717) is 12.0 Å². The minimum atomic E-state index is 0.407. The van der Waals surface area contributed by atoms with E-state index in [1.165, 1.54) is 12.1 Å². The van der Waals surface area contributed by atoms with Gasteiger partial charge in [-0.15, -0.1) is 0 Å². The quantitative estimate of drug-likeness (QED) is 0.675. The Morgan fingerprint density at radius 2 is 2.42 bits per heavy atom. The van der Waals surface area contributed by atoms with Crippen molar-refractivity contribution in [1.29, 1.82) is 0 Å². The summed E-state index contributed by atoms with van der Waals surface area (Å²) in [5, 5.41) is 4.16. The van der Waals surface area contributed by atoms with E-state index in [4.69, 9.17) is 5.73 Å². The van der Waals surface area contributed by atoms with E-state index in [9.17, 15) is 0 Å². The number of nitrogens with zero attached hydrogens (tertiary/aromatic N) is 2. The molecular formula is C9H15N3. The maximum absolute atomic E-state index is 5.85. The van der Waals surface area contributed by atoms with Crippen molar-refractivity contribution >= 4 is 0 Å². The highest BCUT2D eigenvalue weighted by atomic mass is 15.3. The van der Waals surface area contributed by atoms with Crippen LogP contribution in [0.15, 0.2) is 12.3 Å². The lowest BCUT2D eigenvalue weighted by Gasteiger charge is -2.09. The molecule has 1 aromatic rings. The van der Waals surface area contributed by atoms with Crippen molar-refractivity contribution in [1.82, 2.24) is 9.78 Å². The van der Waals surface area contributed by atoms with Crippen LogP contribution >= 0.6 is 0 Å². The number of hydrogen-bond donors (Lipinski definition) is 1. The van der Waals surface area contributed by atoms with Crippen LogP contribution in [-0.4, -0.2) is 15.8 Å². The first-order valence-corrected chi connectivity index (χ1v) is 4.51. The van der Waals surface area contributed by atoms with E-state index in [-0.39, 0.29) is 0 Å². The number of nitrogens with two attached hydrogens (primary N) is 1. The molecule has 3 nitrogen and oxygen atoms in total. The Morgan fingerprint density at radius 1 is 1.58 bits per heavy atom. The fourth-order valence-electron chi connectivity index (χ4n) is 2.07. The third-order valence-electron chi connectivity index (χ3n) is 2.75. The first-order valence-electron chi connectivity index (χ1n) is 4.51. The summed E-state index contributed by atoms with van der Waals surface area (Å²) in [5.41, 5.74) is 7.19. The smallest absolute Gasteiger partial charge is 0.0492 e. The van der Waals surface area contributed by atoms with Crippen molar-refractivity contribution < 1.29 is 0 Å². The third kappa shape index (κ3) is 1.25. The van der Waals surface area contributed by atoms with Gasteiger partial charge in [-0.25, -0.2) is 0 Å². The fraction of sp³-hybridized carbons (Fsp3) is 0.667. The van der Waals surface area contributed by atoms with Crippen LogP contribution in [0.2, 0.25) is 0 Å². The third-order valence-corrected chi connectivity index (χ3v) is 2.75. The summed E-state index contributed by atoms with van der Waals surface area (Å²) < 4.78 is 1.96. The van der Waals surface area contributed by atoms with E-state index in [1.807, 2.05) is 17.9 Å². The topological polar surface area (TPSA) is 43.8 Å². The second-order valence-corrected chi connectivity index (χ2v) is 3.65. The standard InChI is InChI=1S/C9H15N3/c1-12-9(4-5-11-12)7-2-3-8(10)6-7/h4-5,7-8H,2-3,6,10H2,1H3/t7-,8+/m1/s1. The van der Waals surface area contributed by atoms with Crippen LogP contribution < -0.4 is 5.73 Å². The van der Waals surface area contributed by atoms with Crippen LogP contribution in [0.5, 0.6) is 0 Å². The molecule has 1 aromatic heterocycles. The molecule has 12 heavy (non-hydrogen) atoms. The highest BCUT2D eigenvalue weighted by molar-refractivity contribution is 5.10. The van der Waals surface area contributed by atoms with Gasteiger partial charge in [0.15, 0.2) is 0 Å². The zero-order valence-electron chi connectivity index (χ0n) is 7.40. The summed E-state index contributed by atoms with van der Waals surface area (Å²) in [6, 6.07) is 2.51. The number of aromatic nitrogens is 2. The maximum atomic E-state index is 5.85. The molecule has 2 atom stereocenters. The number of hydrogen-bond acceptors (Lipinski definition) is 2. The molecule has 0 spiro atoms. The van der Waals surface area contributed by atoms with Crippen LogP contribution in [-0.2, 0) is 7.05 Å². The number of rotatable bonds is 1. The molecule has 1 fully saturated rings. The maximum Gasteiger partial charge on any atom is 0.0492 e. The second-order valence-electron chi connectivity index (χ2n) is 3.65. The van der Waals surface area contributed by atoms with Gasteiger partial charge < -0.3 is 5.73 Å². The van der Waals surface area contributed by atoms with Crippen molar-refractivity contribution in [3.8, 4) is 0 Å². The minimum Gasteiger partial charge on any atom is -0.328 e. The van der Waals surface area contributed by atoms with Crippen molar-refractivity contribution in [2.24, 2.45) is 12.8 Å². The van der Waals surface area contributed by atoms with E-state index < -0.39 is 0 Å². The van der Waals surface area contributed by atoms with Crippen LogP contribution in [0.4, 0.5) is 0 Å². The molecule has 0 bridgehead atoms. The minimum absolute atomic E-state index is 0.407. The fourth-order valence-corrected chi connectivity index (χ4v) is 2.07. The highest BCUT2D eigenvalue weighted by Crippen LogP contribution is 2.32. The van der Waals surface area contributed by atoms with E-state index >= 15 is 0 Å². The van der Waals surface area contributed by atoms with E-state index in [2.05, 4.69) is 11.2 Å². The van der Waals surface area contributed by atoms with Crippen molar-refractivity contribution in [3.05, 3.63) is 18.0 Å². The van der Waals surface area contributed by atoms with Gasteiger partial charge in [0.05, 0.1) is 0 Å². The molecule has 0 amide bonds. The summed E-state index contributed by atoms with van der Waals surface area (Å²) in [4.78, 5) is 0. The zero-order valence-corrected chi connectivity index (χ0v) is 7.40. The van der Waals surface area contributed by atoms with Crippen molar-refractivity contribution in [2.75, 3.05) is 0 Å². The zero-order chi connectivity index (χ0) is 8.55. The van der Waals surface area contributed by atoms with Gasteiger partial charge in [0, 0.05) is 30.9 Å². The van der Waals surface area contributed by atoms with E-state index in [1.54, 1.807) is 0 Å². The SMILES string of the molecule is Cn1nccc1[C@@H]1CC[C@H](N)C1. The summed E-state index contributed by atoms with van der Waals surface area (Å²) in [5.74, 6) is 0.646. The molecule has 1 heterocycles. The Labute approximate surface area is 72.6 Å². The normalized spacial score (nSPS) is 29.5. The molecule has 3 heteroatoms. The lowest BCUT2D eigenvalue weighted by atomic mass is 10.0. The van der Waals surface area contributed by atoms with E-state index in [0.717, 1.165) is 12.8 Å². The molecule has 0 aliphatic heterocycles. The van der Waals surface area contributed by atoms with Gasteiger partial charge in [-0.2, -0.15) is 5.10 Å². The molecule has 2 N–H and O–H groups in total. The summed E-state index contributed by atoms with van der Waals surface area (Å²) in [6.45, 7) is 0. The van der Waals surface area contributed by atoms with Crippen LogP contribution in [0, 0.1) is 0 Å². The molecule has 0 unspecified atom stereocenters. The predicted octanol–water partition coefficient (Wildman–Crippen LogP) is 1.01. The van der Waals surface area contributed by atoms with Crippen LogP contribution in [0.25, 0.3) is 0 Å². The molecule has 0 radical (unpaired) electrons. The van der Waals surface area contributed by atoms with Crippen molar-refractivity contribution in [3.63, 3.8) is 0 Å². The summed E-state index contributed by atoms with van der Waals surface area (Å²) in [6.07, 6.45) is 5.37. The van der Waals surface area contributed by atoms with Crippen LogP contribution in [0.3, 0.4) is 0 Å². The Hall–Kier alpha value is -0.830. The molecule has 1 saturated carbocycles. The van der Waals surface area contributed by atoms with Gasteiger partial charge >= 0.3 is 0 Å². The van der Waals surface area contributed by atoms with Gasteiger partial charge in [-0.05, 0) is 25.3 Å². The molecule has 1 aliphatic rings. The molecule has 0 saturated heterocycles. The molecule has 1 aliphatic carbocycles. The predicted molar refractivity (Wildman–Crippen MR) is 47.8 cm³/mol. The Balaban J connectivity index is 2.16. The van der Waals surface area contributed by atoms with Crippen LogP contribution in [0.1, 0.15) is 30.9 Å². The molecule has 0 aromatic carbocycles. The average molecular weight is 165 g/mol. The number of aryl methyl sites for hydroxylation is 1. The van der Waals surface area contributed by atoms with Gasteiger partial charge in [0.1, 0.15) is 0 Å². The molecule has 66 valence electrons. The molecule has 2 rings (SSSR count). The first kappa shape index (κ1) is 7.80. The molecular weight excluding hydrogens is 150 g/mol. The average Bonchev–Trinajstić information content (AvgIpc) is 2.58. The summed E-state index contributed by atoms with van der Waals surface area (Å²) in [7, 11) is 2.00. The van der Waals surface area contributed by atoms with Gasteiger partial charge in [-0.3, -0.25) is 4.68 Å². The Morgan fingerprint density at radius 3 is 2.92 bits per heavy atom. The second kappa shape index (κ2) is 2.90. The van der Waals surface area contributed by atoms with Gasteiger partial charge in [0.2, 0.25) is 0 Å².